The maximum absolute atomic E-state index is 12.1. The average molecular weight is 258 g/mol. The molecule has 2 aromatic rings. The van der Waals surface area contributed by atoms with Crippen molar-refractivity contribution in [2.45, 2.75) is 12.8 Å². The van der Waals surface area contributed by atoms with E-state index in [1.54, 1.807) is 12.3 Å². The van der Waals surface area contributed by atoms with Crippen molar-refractivity contribution in [3.63, 3.8) is 0 Å². The van der Waals surface area contributed by atoms with Gasteiger partial charge in [0.05, 0.1) is 18.0 Å². The van der Waals surface area contributed by atoms with E-state index in [1.165, 1.54) is 6.33 Å². The normalized spacial score (nSPS) is 19.3. The average Bonchev–Trinajstić information content (AvgIpc) is 2.48. The third-order valence-corrected chi connectivity index (χ3v) is 3.17. The lowest BCUT2D eigenvalue weighted by Crippen LogP contribution is -2.30. The molecule has 0 bridgehead atoms. The van der Waals surface area contributed by atoms with E-state index < -0.39 is 0 Å². The molecule has 1 saturated heterocycles. The molecule has 1 amide bonds. The van der Waals surface area contributed by atoms with E-state index in [0.29, 0.717) is 23.5 Å². The molecular formula is C13H14N4O2. The van der Waals surface area contributed by atoms with E-state index in [4.69, 9.17) is 4.74 Å². The molecule has 0 aliphatic carbocycles. The molecule has 19 heavy (non-hydrogen) atoms. The van der Waals surface area contributed by atoms with Crippen LogP contribution in [0.5, 0.6) is 0 Å². The van der Waals surface area contributed by atoms with Crippen LogP contribution in [-0.4, -0.2) is 34.1 Å². The highest BCUT2D eigenvalue weighted by molar-refractivity contribution is 5.98. The van der Waals surface area contributed by atoms with Gasteiger partial charge < -0.3 is 10.1 Å². The van der Waals surface area contributed by atoms with Crippen molar-refractivity contribution in [3.8, 4) is 0 Å². The van der Waals surface area contributed by atoms with Gasteiger partial charge in [-0.15, -0.1) is 0 Å². The number of ether oxygens (including phenoxy) is 1. The van der Waals surface area contributed by atoms with Crippen LogP contribution in [0.25, 0.3) is 11.0 Å². The van der Waals surface area contributed by atoms with Crippen LogP contribution in [0.2, 0.25) is 0 Å². The summed E-state index contributed by atoms with van der Waals surface area (Å²) in [7, 11) is 0. The van der Waals surface area contributed by atoms with E-state index in [2.05, 4.69) is 20.3 Å². The zero-order chi connectivity index (χ0) is 13.1. The number of rotatable bonds is 2. The Balaban J connectivity index is 1.82. The van der Waals surface area contributed by atoms with E-state index in [0.717, 1.165) is 19.4 Å². The fourth-order valence-corrected chi connectivity index (χ4v) is 2.15. The van der Waals surface area contributed by atoms with Crippen molar-refractivity contribution in [2.24, 2.45) is 5.92 Å². The lowest BCUT2D eigenvalue weighted by molar-refractivity contribution is -0.123. The highest BCUT2D eigenvalue weighted by Crippen LogP contribution is 2.19. The van der Waals surface area contributed by atoms with Gasteiger partial charge in [0.25, 0.3) is 0 Å². The molecule has 0 spiro atoms. The maximum atomic E-state index is 12.1. The Hall–Kier alpha value is -2.08. The second-order valence-corrected chi connectivity index (χ2v) is 4.50. The van der Waals surface area contributed by atoms with Gasteiger partial charge in [0.1, 0.15) is 11.8 Å². The van der Waals surface area contributed by atoms with E-state index in [-0.39, 0.29) is 11.8 Å². The molecular weight excluding hydrogens is 244 g/mol. The lowest BCUT2D eigenvalue weighted by atomic mass is 10.0. The Morgan fingerprint density at radius 1 is 1.37 bits per heavy atom. The van der Waals surface area contributed by atoms with Crippen LogP contribution in [0, 0.1) is 5.92 Å². The van der Waals surface area contributed by atoms with Gasteiger partial charge in [0.15, 0.2) is 5.82 Å². The Labute approximate surface area is 110 Å². The largest absolute Gasteiger partial charge is 0.381 e. The van der Waals surface area contributed by atoms with Gasteiger partial charge in [-0.05, 0) is 25.0 Å². The van der Waals surface area contributed by atoms with Crippen molar-refractivity contribution in [1.82, 2.24) is 15.0 Å². The Morgan fingerprint density at radius 3 is 3.16 bits per heavy atom. The van der Waals surface area contributed by atoms with Crippen molar-refractivity contribution in [3.05, 3.63) is 24.7 Å². The molecule has 3 heterocycles. The van der Waals surface area contributed by atoms with Crippen LogP contribution in [0.15, 0.2) is 24.7 Å². The summed E-state index contributed by atoms with van der Waals surface area (Å²) in [5.74, 6) is 0.286. The third-order valence-electron chi connectivity index (χ3n) is 3.17. The zero-order valence-electron chi connectivity index (χ0n) is 10.4. The standard InChI is InChI=1S/C13H14N4O2/c18-13(9-3-2-6-19-7-9)17-12-11-10(15-8-16-12)4-1-5-14-11/h1,4-5,8-9H,2-3,6-7H2,(H,15,16,17,18). The van der Waals surface area contributed by atoms with Crippen LogP contribution in [0.4, 0.5) is 5.82 Å². The van der Waals surface area contributed by atoms with Crippen molar-refractivity contribution in [2.75, 3.05) is 18.5 Å². The minimum absolute atomic E-state index is 0.0645. The number of hydrogen-bond acceptors (Lipinski definition) is 5. The molecule has 2 aromatic heterocycles. The first-order valence-electron chi connectivity index (χ1n) is 6.29. The highest BCUT2D eigenvalue weighted by Gasteiger charge is 2.22. The number of fused-ring (bicyclic) bond motifs is 1. The van der Waals surface area contributed by atoms with Crippen LogP contribution in [0.1, 0.15) is 12.8 Å². The second kappa shape index (κ2) is 5.27. The molecule has 0 aromatic carbocycles. The Bertz CT molecular complexity index is 591. The summed E-state index contributed by atoms with van der Waals surface area (Å²) < 4.78 is 5.32. The van der Waals surface area contributed by atoms with E-state index in [9.17, 15) is 4.79 Å². The fraction of sp³-hybridized carbons (Fsp3) is 0.385. The van der Waals surface area contributed by atoms with Gasteiger partial charge in [0.2, 0.25) is 5.91 Å². The minimum atomic E-state index is -0.109. The van der Waals surface area contributed by atoms with Gasteiger partial charge in [-0.2, -0.15) is 0 Å². The summed E-state index contributed by atoms with van der Waals surface area (Å²) >= 11 is 0. The number of nitrogens with zero attached hydrogens (tertiary/aromatic N) is 3. The van der Waals surface area contributed by atoms with E-state index in [1.807, 2.05) is 6.07 Å². The third kappa shape index (κ3) is 2.53. The summed E-state index contributed by atoms with van der Waals surface area (Å²) in [6.07, 6.45) is 4.85. The van der Waals surface area contributed by atoms with Crippen LogP contribution in [0.3, 0.4) is 0 Å². The van der Waals surface area contributed by atoms with Crippen molar-refractivity contribution >= 4 is 22.8 Å². The molecule has 1 fully saturated rings. The number of nitrogens with one attached hydrogen (secondary N) is 1. The Morgan fingerprint density at radius 2 is 2.32 bits per heavy atom. The summed E-state index contributed by atoms with van der Waals surface area (Å²) in [5, 5.41) is 2.82. The molecule has 1 N–H and O–H groups in total. The maximum Gasteiger partial charge on any atom is 0.231 e. The van der Waals surface area contributed by atoms with Gasteiger partial charge in [0, 0.05) is 12.8 Å². The second-order valence-electron chi connectivity index (χ2n) is 4.50. The molecule has 1 atom stereocenters. The van der Waals surface area contributed by atoms with Gasteiger partial charge in [-0.1, -0.05) is 0 Å². The summed E-state index contributed by atoms with van der Waals surface area (Å²) in [5.41, 5.74) is 1.32. The van der Waals surface area contributed by atoms with Crippen LogP contribution in [-0.2, 0) is 9.53 Å². The first kappa shape index (κ1) is 12.0. The minimum Gasteiger partial charge on any atom is -0.381 e. The predicted molar refractivity (Wildman–Crippen MR) is 69.5 cm³/mol. The fourth-order valence-electron chi connectivity index (χ4n) is 2.15. The number of carbonyl (C=O) groups is 1. The first-order chi connectivity index (χ1) is 9.34. The molecule has 6 heteroatoms. The number of hydrogen-bond donors (Lipinski definition) is 1. The Kier molecular flexibility index (Phi) is 3.33. The summed E-state index contributed by atoms with van der Waals surface area (Å²) in [6.45, 7) is 1.21. The topological polar surface area (TPSA) is 77.0 Å². The monoisotopic (exact) mass is 258 g/mol. The number of anilines is 1. The van der Waals surface area contributed by atoms with Gasteiger partial charge >= 0.3 is 0 Å². The van der Waals surface area contributed by atoms with Crippen LogP contribution >= 0.6 is 0 Å². The number of amides is 1. The zero-order valence-corrected chi connectivity index (χ0v) is 10.4. The van der Waals surface area contributed by atoms with Crippen molar-refractivity contribution < 1.29 is 9.53 Å². The molecule has 1 aliphatic heterocycles. The number of carbonyl (C=O) groups excluding carboxylic acids is 1. The SMILES string of the molecule is O=C(Nc1ncnc2cccnc12)C1CCCOC1. The van der Waals surface area contributed by atoms with E-state index >= 15 is 0 Å². The molecule has 1 unspecified atom stereocenters. The molecule has 0 saturated carbocycles. The smallest absolute Gasteiger partial charge is 0.231 e. The predicted octanol–water partition coefficient (Wildman–Crippen LogP) is 1.39. The molecule has 3 rings (SSSR count). The highest BCUT2D eigenvalue weighted by atomic mass is 16.5. The molecule has 1 aliphatic rings. The van der Waals surface area contributed by atoms with Crippen molar-refractivity contribution in [1.29, 1.82) is 0 Å². The van der Waals surface area contributed by atoms with Crippen LogP contribution < -0.4 is 5.32 Å². The number of aromatic nitrogens is 3. The first-order valence-corrected chi connectivity index (χ1v) is 6.29. The summed E-state index contributed by atoms with van der Waals surface area (Å²) in [4.78, 5) is 24.5. The quantitative estimate of drug-likeness (QED) is 0.880. The lowest BCUT2D eigenvalue weighted by Gasteiger charge is -2.21. The molecule has 6 nitrogen and oxygen atoms in total. The molecule has 98 valence electrons. The summed E-state index contributed by atoms with van der Waals surface area (Å²) in [6, 6.07) is 3.64. The van der Waals surface area contributed by atoms with Gasteiger partial charge in [-0.3, -0.25) is 9.78 Å². The number of pyridine rings is 1. The van der Waals surface area contributed by atoms with Gasteiger partial charge in [-0.25, -0.2) is 9.97 Å². The molecule has 0 radical (unpaired) electrons.